The lowest BCUT2D eigenvalue weighted by Crippen LogP contribution is -2.25. The van der Waals surface area contributed by atoms with Crippen LogP contribution in [0.1, 0.15) is 38.0 Å². The number of carbonyl (C=O) groups excluding carboxylic acids is 1. The summed E-state index contributed by atoms with van der Waals surface area (Å²) in [4.78, 5) is 27.3. The van der Waals surface area contributed by atoms with E-state index >= 15 is 0 Å². The molecule has 1 aliphatic rings. The van der Waals surface area contributed by atoms with E-state index < -0.39 is 10.5 Å². The van der Waals surface area contributed by atoms with Crippen molar-refractivity contribution < 1.29 is 14.5 Å². The van der Waals surface area contributed by atoms with Crippen LogP contribution >= 0.6 is 11.8 Å². The average Bonchev–Trinajstić information content (AvgIpc) is 2.60. The Kier molecular flexibility index (Phi) is 5.69. The third-order valence-corrected chi connectivity index (χ3v) is 4.98. The molecule has 1 N–H and O–H groups in total. The number of thioether (sulfide) groups is 1. The van der Waals surface area contributed by atoms with Crippen molar-refractivity contribution in [1.82, 2.24) is 0 Å². The van der Waals surface area contributed by atoms with E-state index in [-0.39, 0.29) is 23.3 Å². The van der Waals surface area contributed by atoms with Crippen LogP contribution in [0.25, 0.3) is 0 Å². The summed E-state index contributed by atoms with van der Waals surface area (Å²) in [5, 5.41) is 14.5. The Morgan fingerprint density at radius 1 is 1.21 bits per heavy atom. The number of para-hydroxylation sites is 1. The summed E-state index contributed by atoms with van der Waals surface area (Å²) in [5.74, 6) is -0.267. The number of amidine groups is 1. The number of anilines is 1. The maximum Gasteiger partial charge on any atom is 0.307 e. The first-order valence-corrected chi connectivity index (χ1v) is 9.67. The molecule has 3 rings (SSSR count). The Hall–Kier alpha value is -2.87. The van der Waals surface area contributed by atoms with E-state index in [0.29, 0.717) is 10.9 Å². The molecule has 1 unspecified atom stereocenters. The largest absolute Gasteiger partial charge is 0.460 e. The fourth-order valence-corrected chi connectivity index (χ4v) is 3.87. The summed E-state index contributed by atoms with van der Waals surface area (Å²) in [6.07, 6.45) is 0.222. The number of rotatable bonds is 4. The smallest absolute Gasteiger partial charge is 0.307 e. The van der Waals surface area contributed by atoms with Crippen LogP contribution in [-0.2, 0) is 9.53 Å². The van der Waals surface area contributed by atoms with Gasteiger partial charge in [-0.1, -0.05) is 30.0 Å². The zero-order valence-corrected chi connectivity index (χ0v) is 16.7. The number of nitro groups is 1. The van der Waals surface area contributed by atoms with Gasteiger partial charge in [0.05, 0.1) is 17.0 Å². The van der Waals surface area contributed by atoms with Gasteiger partial charge in [0.1, 0.15) is 5.60 Å². The zero-order chi connectivity index (χ0) is 20.3. The van der Waals surface area contributed by atoms with Crippen molar-refractivity contribution in [3.8, 4) is 0 Å². The van der Waals surface area contributed by atoms with Gasteiger partial charge in [0.2, 0.25) is 0 Å². The molecule has 1 aliphatic heterocycles. The molecular formula is C20H21N3O4S. The fourth-order valence-electron chi connectivity index (χ4n) is 2.73. The summed E-state index contributed by atoms with van der Waals surface area (Å²) in [6.45, 7) is 5.53. The SMILES string of the molecule is CC(C)(C)OC(=O)CC1SC(Nc2ccc([N+](=O)[O-])cc2)=Nc2ccccc21. The Labute approximate surface area is 167 Å². The molecule has 0 radical (unpaired) electrons. The molecule has 0 saturated carbocycles. The minimum Gasteiger partial charge on any atom is -0.460 e. The lowest BCUT2D eigenvalue weighted by atomic mass is 10.1. The van der Waals surface area contributed by atoms with Crippen LogP contribution in [0.3, 0.4) is 0 Å². The maximum atomic E-state index is 12.3. The lowest BCUT2D eigenvalue weighted by molar-refractivity contribution is -0.384. The number of nitro benzene ring substituents is 1. The van der Waals surface area contributed by atoms with Gasteiger partial charge >= 0.3 is 5.97 Å². The van der Waals surface area contributed by atoms with E-state index in [4.69, 9.17) is 4.74 Å². The number of hydrogen-bond donors (Lipinski definition) is 1. The van der Waals surface area contributed by atoms with Gasteiger partial charge in [-0.15, -0.1) is 0 Å². The molecule has 0 spiro atoms. The highest BCUT2D eigenvalue weighted by molar-refractivity contribution is 8.14. The maximum absolute atomic E-state index is 12.3. The average molecular weight is 399 g/mol. The van der Waals surface area contributed by atoms with Crippen LogP contribution in [0.15, 0.2) is 53.5 Å². The van der Waals surface area contributed by atoms with E-state index in [9.17, 15) is 14.9 Å². The Bertz CT molecular complexity index is 920. The quantitative estimate of drug-likeness (QED) is 0.431. The number of esters is 1. The molecule has 1 atom stereocenters. The molecule has 2 aromatic carbocycles. The molecule has 0 fully saturated rings. The number of hydrogen-bond acceptors (Lipinski definition) is 7. The molecule has 0 aliphatic carbocycles. The predicted octanol–water partition coefficient (Wildman–Crippen LogP) is 5.21. The summed E-state index contributed by atoms with van der Waals surface area (Å²) in [7, 11) is 0. The number of non-ortho nitro benzene ring substituents is 1. The highest BCUT2D eigenvalue weighted by atomic mass is 32.2. The summed E-state index contributed by atoms with van der Waals surface area (Å²) >= 11 is 1.44. The second-order valence-electron chi connectivity index (χ2n) is 7.30. The van der Waals surface area contributed by atoms with E-state index in [1.807, 2.05) is 45.0 Å². The van der Waals surface area contributed by atoms with E-state index in [2.05, 4.69) is 10.3 Å². The van der Waals surface area contributed by atoms with Crippen molar-refractivity contribution in [1.29, 1.82) is 0 Å². The van der Waals surface area contributed by atoms with Gasteiger partial charge in [-0.25, -0.2) is 4.99 Å². The van der Waals surface area contributed by atoms with Gasteiger partial charge in [-0.3, -0.25) is 14.9 Å². The number of benzene rings is 2. The standard InChI is InChI=1S/C20H21N3O4S/c1-20(2,3)27-18(24)12-17-15-6-4-5-7-16(15)22-19(28-17)21-13-8-10-14(11-9-13)23(25)26/h4-11,17H,12H2,1-3H3,(H,21,22). The summed E-state index contributed by atoms with van der Waals surface area (Å²) < 4.78 is 5.47. The van der Waals surface area contributed by atoms with Crippen molar-refractivity contribution in [3.05, 3.63) is 64.2 Å². The van der Waals surface area contributed by atoms with Crippen molar-refractivity contribution in [3.63, 3.8) is 0 Å². The normalized spacial score (nSPS) is 16.0. The predicted molar refractivity (Wildman–Crippen MR) is 111 cm³/mol. The van der Waals surface area contributed by atoms with Crippen molar-refractivity contribution >= 4 is 40.0 Å². The molecule has 7 nitrogen and oxygen atoms in total. The third-order valence-electron chi connectivity index (χ3n) is 3.86. The van der Waals surface area contributed by atoms with E-state index in [1.165, 1.54) is 23.9 Å². The van der Waals surface area contributed by atoms with Crippen LogP contribution in [0.4, 0.5) is 17.1 Å². The number of nitrogens with one attached hydrogen (secondary N) is 1. The number of nitrogens with zero attached hydrogens (tertiary/aromatic N) is 2. The van der Waals surface area contributed by atoms with Crippen LogP contribution in [0.2, 0.25) is 0 Å². The van der Waals surface area contributed by atoms with Crippen molar-refractivity contribution in [2.24, 2.45) is 4.99 Å². The minimum absolute atomic E-state index is 0.0249. The third kappa shape index (κ3) is 5.10. The Morgan fingerprint density at radius 3 is 2.54 bits per heavy atom. The Morgan fingerprint density at radius 2 is 1.89 bits per heavy atom. The van der Waals surface area contributed by atoms with Gasteiger partial charge in [-0.2, -0.15) is 0 Å². The first kappa shape index (κ1) is 19.9. The number of aliphatic imine (C=N–C) groups is 1. The summed E-state index contributed by atoms with van der Waals surface area (Å²) in [6, 6.07) is 13.8. The molecule has 0 aromatic heterocycles. The highest BCUT2D eigenvalue weighted by Crippen LogP contribution is 2.43. The number of carbonyl (C=O) groups is 1. The molecule has 2 aromatic rings. The van der Waals surface area contributed by atoms with Gasteiger partial charge in [0.15, 0.2) is 5.17 Å². The number of fused-ring (bicyclic) bond motifs is 1. The first-order chi connectivity index (χ1) is 13.2. The summed E-state index contributed by atoms with van der Waals surface area (Å²) in [5.41, 5.74) is 1.94. The van der Waals surface area contributed by atoms with Gasteiger partial charge in [-0.05, 0) is 44.5 Å². The molecule has 146 valence electrons. The van der Waals surface area contributed by atoms with Crippen LogP contribution in [0.5, 0.6) is 0 Å². The second kappa shape index (κ2) is 8.02. The molecule has 0 saturated heterocycles. The highest BCUT2D eigenvalue weighted by Gasteiger charge is 2.28. The zero-order valence-electron chi connectivity index (χ0n) is 15.8. The molecule has 8 heteroatoms. The molecule has 0 bridgehead atoms. The molecular weight excluding hydrogens is 378 g/mol. The topological polar surface area (TPSA) is 93.8 Å². The van der Waals surface area contributed by atoms with Crippen molar-refractivity contribution in [2.75, 3.05) is 5.32 Å². The molecule has 28 heavy (non-hydrogen) atoms. The fraction of sp³-hybridized carbons (Fsp3) is 0.300. The molecule has 0 amide bonds. The van der Waals surface area contributed by atoms with Gasteiger partial charge < -0.3 is 10.1 Å². The van der Waals surface area contributed by atoms with Crippen molar-refractivity contribution in [2.45, 2.75) is 38.0 Å². The van der Waals surface area contributed by atoms with E-state index in [0.717, 1.165) is 11.3 Å². The van der Waals surface area contributed by atoms with Crippen LogP contribution in [-0.4, -0.2) is 21.7 Å². The van der Waals surface area contributed by atoms with Crippen LogP contribution < -0.4 is 5.32 Å². The van der Waals surface area contributed by atoms with Gasteiger partial charge in [0, 0.05) is 23.1 Å². The first-order valence-electron chi connectivity index (χ1n) is 8.79. The van der Waals surface area contributed by atoms with Gasteiger partial charge in [0.25, 0.3) is 5.69 Å². The lowest BCUT2D eigenvalue weighted by Gasteiger charge is -2.26. The molecule has 1 heterocycles. The van der Waals surface area contributed by atoms with E-state index in [1.54, 1.807) is 12.1 Å². The minimum atomic E-state index is -0.538. The monoisotopic (exact) mass is 399 g/mol. The Balaban J connectivity index is 1.79. The van der Waals surface area contributed by atoms with Crippen LogP contribution in [0, 0.1) is 10.1 Å². The second-order valence-corrected chi connectivity index (χ2v) is 8.49. The number of ether oxygens (including phenoxy) is 1.